The number of aliphatic hydroxyl groups excluding tert-OH is 1. The average Bonchev–Trinajstić information content (AvgIpc) is 2.91. The van der Waals surface area contributed by atoms with Crippen LogP contribution in [0.5, 0.6) is 0 Å². The second kappa shape index (κ2) is 5.73. The summed E-state index contributed by atoms with van der Waals surface area (Å²) < 4.78 is 6.28. The van der Waals surface area contributed by atoms with Gasteiger partial charge in [0.05, 0.1) is 12.7 Å². The van der Waals surface area contributed by atoms with Crippen molar-refractivity contribution in [2.75, 3.05) is 13.2 Å². The molecule has 19 heavy (non-hydrogen) atoms. The van der Waals surface area contributed by atoms with E-state index < -0.39 is 0 Å². The second-order valence-corrected chi connectivity index (χ2v) is 6.95. The zero-order chi connectivity index (χ0) is 14.1. The fourth-order valence-electron chi connectivity index (χ4n) is 5.52. The standard InChI is InChI=1S/C17H32O2/c1-5-16(6-2)14-8-9-17(16,7-3)15(10-14)19-12-13(4)11-18/h13-15,18H,5-12H2,1-4H3. The van der Waals surface area contributed by atoms with Gasteiger partial charge >= 0.3 is 0 Å². The van der Waals surface area contributed by atoms with Crippen LogP contribution in [-0.4, -0.2) is 24.4 Å². The largest absolute Gasteiger partial charge is 0.396 e. The molecule has 0 heterocycles. The number of hydrogen-bond acceptors (Lipinski definition) is 2. The highest BCUT2D eigenvalue weighted by Gasteiger charge is 2.66. The molecular formula is C17H32O2. The summed E-state index contributed by atoms with van der Waals surface area (Å²) in [5, 5.41) is 9.18. The topological polar surface area (TPSA) is 29.5 Å². The minimum Gasteiger partial charge on any atom is -0.396 e. The lowest BCUT2D eigenvalue weighted by molar-refractivity contribution is -0.0816. The molecule has 2 fully saturated rings. The number of rotatable bonds is 7. The monoisotopic (exact) mass is 268 g/mol. The molecule has 0 amide bonds. The van der Waals surface area contributed by atoms with Crippen LogP contribution < -0.4 is 0 Å². The summed E-state index contributed by atoms with van der Waals surface area (Å²) in [6.45, 7) is 10.1. The molecule has 1 N–H and O–H groups in total. The Hall–Kier alpha value is -0.0800. The number of fused-ring (bicyclic) bond motifs is 2. The Labute approximate surface area is 118 Å². The first-order chi connectivity index (χ1) is 9.10. The van der Waals surface area contributed by atoms with Crippen molar-refractivity contribution in [3.05, 3.63) is 0 Å². The third-order valence-electron chi connectivity index (χ3n) is 6.61. The van der Waals surface area contributed by atoms with Crippen LogP contribution in [0.15, 0.2) is 0 Å². The van der Waals surface area contributed by atoms with Gasteiger partial charge in [-0.15, -0.1) is 0 Å². The third kappa shape index (κ3) is 2.06. The van der Waals surface area contributed by atoms with Crippen molar-refractivity contribution in [1.82, 2.24) is 0 Å². The van der Waals surface area contributed by atoms with Crippen molar-refractivity contribution in [3.8, 4) is 0 Å². The quantitative estimate of drug-likeness (QED) is 0.756. The van der Waals surface area contributed by atoms with Gasteiger partial charge in [-0.2, -0.15) is 0 Å². The van der Waals surface area contributed by atoms with E-state index in [1.807, 2.05) is 0 Å². The van der Waals surface area contributed by atoms with E-state index in [4.69, 9.17) is 4.74 Å². The van der Waals surface area contributed by atoms with E-state index >= 15 is 0 Å². The lowest BCUT2D eigenvalue weighted by Crippen LogP contribution is -2.42. The molecule has 0 aromatic carbocycles. The SMILES string of the molecule is CCC1(CC)C2CCC1(CC)C(OCC(C)CO)C2. The van der Waals surface area contributed by atoms with Gasteiger partial charge in [-0.3, -0.25) is 0 Å². The lowest BCUT2D eigenvalue weighted by Gasteiger charge is -2.45. The summed E-state index contributed by atoms with van der Waals surface area (Å²) in [5.41, 5.74) is 0.936. The Morgan fingerprint density at radius 2 is 1.89 bits per heavy atom. The minimum absolute atomic E-state index is 0.238. The molecule has 2 saturated carbocycles. The Kier molecular flexibility index (Phi) is 4.62. The Morgan fingerprint density at radius 1 is 1.21 bits per heavy atom. The first-order valence-corrected chi connectivity index (χ1v) is 8.32. The van der Waals surface area contributed by atoms with Crippen LogP contribution in [0.3, 0.4) is 0 Å². The third-order valence-corrected chi connectivity index (χ3v) is 6.61. The van der Waals surface area contributed by atoms with Crippen LogP contribution in [0.2, 0.25) is 0 Å². The molecule has 2 bridgehead atoms. The molecule has 4 atom stereocenters. The number of aliphatic hydroxyl groups is 1. The van der Waals surface area contributed by atoms with Gasteiger partial charge in [-0.1, -0.05) is 27.7 Å². The Bertz CT molecular complexity index is 298. The highest BCUT2D eigenvalue weighted by atomic mass is 16.5. The molecule has 112 valence electrons. The van der Waals surface area contributed by atoms with E-state index in [0.29, 0.717) is 16.9 Å². The maximum atomic E-state index is 9.18. The molecule has 4 unspecified atom stereocenters. The van der Waals surface area contributed by atoms with Crippen LogP contribution in [0.25, 0.3) is 0 Å². The molecule has 2 nitrogen and oxygen atoms in total. The van der Waals surface area contributed by atoms with Crippen molar-refractivity contribution in [2.45, 2.75) is 72.3 Å². The van der Waals surface area contributed by atoms with Crippen LogP contribution in [-0.2, 0) is 4.74 Å². The van der Waals surface area contributed by atoms with Gasteiger partial charge in [0.15, 0.2) is 0 Å². The van der Waals surface area contributed by atoms with E-state index in [1.165, 1.54) is 38.5 Å². The summed E-state index contributed by atoms with van der Waals surface area (Å²) in [6.07, 6.45) is 8.32. The zero-order valence-electron chi connectivity index (χ0n) is 13.2. The normalized spacial score (nSPS) is 37.7. The summed E-state index contributed by atoms with van der Waals surface area (Å²) in [7, 11) is 0. The molecule has 0 radical (unpaired) electrons. The smallest absolute Gasteiger partial charge is 0.0639 e. The molecule has 0 saturated heterocycles. The van der Waals surface area contributed by atoms with Gasteiger partial charge in [-0.05, 0) is 49.9 Å². The predicted octanol–water partition coefficient (Wildman–Crippen LogP) is 4.02. The van der Waals surface area contributed by atoms with E-state index in [2.05, 4.69) is 27.7 Å². The molecule has 2 heteroatoms. The lowest BCUT2D eigenvalue weighted by atomic mass is 9.61. The van der Waals surface area contributed by atoms with Crippen LogP contribution in [0.4, 0.5) is 0 Å². The summed E-state index contributed by atoms with van der Waals surface area (Å²) >= 11 is 0. The first-order valence-electron chi connectivity index (χ1n) is 8.32. The predicted molar refractivity (Wildman–Crippen MR) is 79.1 cm³/mol. The van der Waals surface area contributed by atoms with E-state index in [9.17, 15) is 5.11 Å². The molecule has 2 rings (SSSR count). The van der Waals surface area contributed by atoms with Crippen molar-refractivity contribution < 1.29 is 9.84 Å². The number of hydrogen-bond donors (Lipinski definition) is 1. The van der Waals surface area contributed by atoms with Gasteiger partial charge < -0.3 is 9.84 Å². The molecule has 0 aliphatic heterocycles. The van der Waals surface area contributed by atoms with Gasteiger partial charge in [0.25, 0.3) is 0 Å². The molecule has 0 aromatic heterocycles. The molecule has 0 spiro atoms. The number of ether oxygens (including phenoxy) is 1. The van der Waals surface area contributed by atoms with E-state index in [-0.39, 0.29) is 12.5 Å². The molecule has 0 aromatic rings. The zero-order valence-corrected chi connectivity index (χ0v) is 13.2. The highest BCUT2D eigenvalue weighted by Crippen LogP contribution is 2.70. The van der Waals surface area contributed by atoms with Crippen molar-refractivity contribution in [3.63, 3.8) is 0 Å². The van der Waals surface area contributed by atoms with Gasteiger partial charge in [0.2, 0.25) is 0 Å². The van der Waals surface area contributed by atoms with Gasteiger partial charge in [0, 0.05) is 17.9 Å². The Morgan fingerprint density at radius 3 is 2.42 bits per heavy atom. The van der Waals surface area contributed by atoms with Crippen molar-refractivity contribution in [1.29, 1.82) is 0 Å². The maximum Gasteiger partial charge on any atom is 0.0639 e. The summed E-state index contributed by atoms with van der Waals surface area (Å²) in [4.78, 5) is 0. The van der Waals surface area contributed by atoms with Gasteiger partial charge in [-0.25, -0.2) is 0 Å². The van der Waals surface area contributed by atoms with Crippen LogP contribution >= 0.6 is 0 Å². The fraction of sp³-hybridized carbons (Fsp3) is 1.00. The fourth-order valence-corrected chi connectivity index (χ4v) is 5.52. The van der Waals surface area contributed by atoms with Crippen LogP contribution in [0, 0.1) is 22.7 Å². The first kappa shape index (κ1) is 15.3. The van der Waals surface area contributed by atoms with Gasteiger partial charge in [0.1, 0.15) is 0 Å². The summed E-state index contributed by atoms with van der Waals surface area (Å²) in [5.74, 6) is 1.14. The molecular weight excluding hydrogens is 236 g/mol. The Balaban J connectivity index is 2.15. The minimum atomic E-state index is 0.238. The maximum absolute atomic E-state index is 9.18. The second-order valence-electron chi connectivity index (χ2n) is 6.95. The van der Waals surface area contributed by atoms with Crippen molar-refractivity contribution >= 4 is 0 Å². The van der Waals surface area contributed by atoms with E-state index in [0.717, 1.165) is 12.5 Å². The average molecular weight is 268 g/mol. The van der Waals surface area contributed by atoms with Crippen molar-refractivity contribution in [2.24, 2.45) is 22.7 Å². The molecule has 2 aliphatic rings. The molecule has 2 aliphatic carbocycles. The summed E-state index contributed by atoms with van der Waals surface area (Å²) in [6, 6.07) is 0. The highest BCUT2D eigenvalue weighted by molar-refractivity contribution is 5.15. The van der Waals surface area contributed by atoms with Crippen LogP contribution in [0.1, 0.15) is 66.2 Å². The van der Waals surface area contributed by atoms with E-state index in [1.54, 1.807) is 0 Å².